The standard InChI is InChI=1S/C18H20O5/c1-6-10(4)18(21)23-17-13-7-14(20)12(11(5)19)8-15(13)22-16(17)9(2)3/h6-8,16-17,20H,2H2,1,3-5H3/b10-6-. The predicted octanol–water partition coefficient (Wildman–Crippen LogP) is 3.48. The zero-order chi connectivity index (χ0) is 17.3. The number of phenols is 1. The lowest BCUT2D eigenvalue weighted by molar-refractivity contribution is -0.146. The van der Waals surface area contributed by atoms with Gasteiger partial charge in [-0.2, -0.15) is 0 Å². The Kier molecular flexibility index (Phi) is 4.59. The molecule has 23 heavy (non-hydrogen) atoms. The molecule has 0 saturated heterocycles. The van der Waals surface area contributed by atoms with Crippen LogP contribution in [-0.2, 0) is 9.53 Å². The Morgan fingerprint density at radius 1 is 1.30 bits per heavy atom. The highest BCUT2D eigenvalue weighted by Gasteiger charge is 2.39. The van der Waals surface area contributed by atoms with Crippen molar-refractivity contribution < 1.29 is 24.2 Å². The maximum absolute atomic E-state index is 12.1. The van der Waals surface area contributed by atoms with Crippen LogP contribution < -0.4 is 4.74 Å². The molecule has 5 nitrogen and oxygen atoms in total. The van der Waals surface area contributed by atoms with E-state index in [2.05, 4.69) is 6.58 Å². The maximum atomic E-state index is 12.1. The number of phenolic OH excluding ortho intramolecular Hbond substituents is 1. The number of aromatic hydroxyl groups is 1. The van der Waals surface area contributed by atoms with Gasteiger partial charge in [0.2, 0.25) is 0 Å². The Labute approximate surface area is 135 Å². The maximum Gasteiger partial charge on any atom is 0.334 e. The minimum absolute atomic E-state index is 0.161. The minimum Gasteiger partial charge on any atom is -0.507 e. The molecule has 0 radical (unpaired) electrons. The Morgan fingerprint density at radius 2 is 1.96 bits per heavy atom. The molecule has 2 rings (SSSR count). The highest BCUT2D eigenvalue weighted by atomic mass is 16.6. The Morgan fingerprint density at radius 3 is 2.48 bits per heavy atom. The number of allylic oxidation sites excluding steroid dienone is 1. The number of esters is 1. The molecular weight excluding hydrogens is 296 g/mol. The van der Waals surface area contributed by atoms with Gasteiger partial charge in [-0.15, -0.1) is 0 Å². The first-order valence-corrected chi connectivity index (χ1v) is 7.30. The third-order valence-electron chi connectivity index (χ3n) is 3.82. The average molecular weight is 316 g/mol. The molecule has 0 amide bonds. The lowest BCUT2D eigenvalue weighted by Gasteiger charge is -2.19. The first kappa shape index (κ1) is 16.8. The smallest absolute Gasteiger partial charge is 0.334 e. The summed E-state index contributed by atoms with van der Waals surface area (Å²) in [6.07, 6.45) is 0.391. The zero-order valence-corrected chi connectivity index (χ0v) is 13.7. The van der Waals surface area contributed by atoms with Gasteiger partial charge < -0.3 is 14.6 Å². The minimum atomic E-state index is -0.711. The van der Waals surface area contributed by atoms with Crippen molar-refractivity contribution >= 4 is 11.8 Å². The molecule has 2 atom stereocenters. The molecule has 0 saturated carbocycles. The number of carbonyl (C=O) groups is 2. The van der Waals surface area contributed by atoms with Gasteiger partial charge in [0.25, 0.3) is 0 Å². The number of rotatable bonds is 4. The summed E-state index contributed by atoms with van der Waals surface area (Å²) in [5.74, 6) is -0.482. The highest BCUT2D eigenvalue weighted by molar-refractivity contribution is 5.97. The SMILES string of the molecule is C=C(C)C1Oc2cc(C(C)=O)c(O)cc2C1OC(=O)/C(C)=C\C. The van der Waals surface area contributed by atoms with Crippen LogP contribution in [0.3, 0.4) is 0 Å². The largest absolute Gasteiger partial charge is 0.507 e. The molecule has 1 aliphatic rings. The van der Waals surface area contributed by atoms with E-state index in [0.29, 0.717) is 22.5 Å². The van der Waals surface area contributed by atoms with Crippen LogP contribution in [0.25, 0.3) is 0 Å². The summed E-state index contributed by atoms with van der Waals surface area (Å²) in [7, 11) is 0. The fourth-order valence-electron chi connectivity index (χ4n) is 2.36. The van der Waals surface area contributed by atoms with E-state index in [4.69, 9.17) is 9.47 Å². The number of ketones is 1. The molecule has 0 fully saturated rings. The quantitative estimate of drug-likeness (QED) is 0.398. The first-order valence-electron chi connectivity index (χ1n) is 7.30. The number of benzene rings is 1. The van der Waals surface area contributed by atoms with E-state index in [1.807, 2.05) is 0 Å². The summed E-state index contributed by atoms with van der Waals surface area (Å²) in [5.41, 5.74) is 1.85. The normalized spacial score (nSPS) is 19.7. The van der Waals surface area contributed by atoms with Crippen molar-refractivity contribution in [3.8, 4) is 11.5 Å². The van der Waals surface area contributed by atoms with Crippen molar-refractivity contribution in [2.75, 3.05) is 0 Å². The van der Waals surface area contributed by atoms with Crippen molar-refractivity contribution in [2.45, 2.75) is 39.9 Å². The van der Waals surface area contributed by atoms with Crippen molar-refractivity contribution in [3.63, 3.8) is 0 Å². The van der Waals surface area contributed by atoms with Gasteiger partial charge in [0.1, 0.15) is 11.5 Å². The van der Waals surface area contributed by atoms with Crippen LogP contribution in [0.1, 0.15) is 49.7 Å². The van der Waals surface area contributed by atoms with Gasteiger partial charge in [-0.05, 0) is 45.4 Å². The van der Waals surface area contributed by atoms with Crippen LogP contribution in [0.2, 0.25) is 0 Å². The summed E-state index contributed by atoms with van der Waals surface area (Å²) >= 11 is 0. The molecule has 1 aromatic rings. The second-order valence-electron chi connectivity index (χ2n) is 5.65. The van der Waals surface area contributed by atoms with Gasteiger partial charge in [-0.1, -0.05) is 12.7 Å². The Hall–Kier alpha value is -2.56. The van der Waals surface area contributed by atoms with Crippen molar-refractivity contribution in [1.29, 1.82) is 0 Å². The van der Waals surface area contributed by atoms with E-state index in [9.17, 15) is 14.7 Å². The van der Waals surface area contributed by atoms with E-state index >= 15 is 0 Å². The number of carbonyl (C=O) groups excluding carboxylic acids is 2. The molecule has 1 aromatic carbocycles. The van der Waals surface area contributed by atoms with Crippen LogP contribution in [0.5, 0.6) is 11.5 Å². The predicted molar refractivity (Wildman–Crippen MR) is 85.6 cm³/mol. The number of fused-ring (bicyclic) bond motifs is 1. The highest BCUT2D eigenvalue weighted by Crippen LogP contribution is 2.44. The van der Waals surface area contributed by atoms with Crippen LogP contribution in [0, 0.1) is 0 Å². The lowest BCUT2D eigenvalue weighted by Crippen LogP contribution is -2.24. The number of hydrogen-bond donors (Lipinski definition) is 1. The summed E-state index contributed by atoms with van der Waals surface area (Å²) in [5, 5.41) is 10.0. The molecule has 0 spiro atoms. The third-order valence-corrected chi connectivity index (χ3v) is 3.82. The molecule has 1 heterocycles. The van der Waals surface area contributed by atoms with Crippen molar-refractivity contribution in [1.82, 2.24) is 0 Å². The van der Waals surface area contributed by atoms with Gasteiger partial charge in [0.15, 0.2) is 18.0 Å². The molecule has 5 heteroatoms. The van der Waals surface area contributed by atoms with Crippen LogP contribution >= 0.6 is 0 Å². The first-order chi connectivity index (χ1) is 10.8. The van der Waals surface area contributed by atoms with Crippen LogP contribution in [-0.4, -0.2) is 23.0 Å². The Balaban J connectivity index is 2.45. The van der Waals surface area contributed by atoms with Crippen molar-refractivity contribution in [2.24, 2.45) is 0 Å². The van der Waals surface area contributed by atoms with E-state index in [1.165, 1.54) is 19.1 Å². The number of ether oxygens (including phenoxy) is 2. The molecule has 122 valence electrons. The molecule has 1 N–H and O–H groups in total. The Bertz CT molecular complexity index is 714. The van der Waals surface area contributed by atoms with Gasteiger partial charge in [0.05, 0.1) is 5.56 Å². The van der Waals surface area contributed by atoms with E-state index in [0.717, 1.165) is 0 Å². The molecule has 0 aliphatic carbocycles. The number of hydrogen-bond acceptors (Lipinski definition) is 5. The van der Waals surface area contributed by atoms with Gasteiger partial charge in [-0.3, -0.25) is 4.79 Å². The fraction of sp³-hybridized carbons (Fsp3) is 0.333. The van der Waals surface area contributed by atoms with Crippen LogP contribution in [0.15, 0.2) is 35.9 Å². The summed E-state index contributed by atoms with van der Waals surface area (Å²) in [4.78, 5) is 23.6. The summed E-state index contributed by atoms with van der Waals surface area (Å²) in [6.45, 7) is 10.4. The molecule has 2 unspecified atom stereocenters. The van der Waals surface area contributed by atoms with Crippen molar-refractivity contribution in [3.05, 3.63) is 47.1 Å². The van der Waals surface area contributed by atoms with Crippen LogP contribution in [0.4, 0.5) is 0 Å². The molecule has 0 bridgehead atoms. The monoisotopic (exact) mass is 316 g/mol. The molecule has 1 aliphatic heterocycles. The lowest BCUT2D eigenvalue weighted by atomic mass is 9.99. The number of Topliss-reactive ketones (excluding diaryl/α,β-unsaturated/α-hetero) is 1. The zero-order valence-electron chi connectivity index (χ0n) is 13.7. The second kappa shape index (κ2) is 6.28. The second-order valence-corrected chi connectivity index (χ2v) is 5.65. The third kappa shape index (κ3) is 3.13. The van der Waals surface area contributed by atoms with E-state index < -0.39 is 18.2 Å². The topological polar surface area (TPSA) is 72.8 Å². The molecule has 0 aromatic heterocycles. The average Bonchev–Trinajstić information content (AvgIpc) is 2.83. The van der Waals surface area contributed by atoms with Gasteiger partial charge in [-0.25, -0.2) is 4.79 Å². The fourth-order valence-corrected chi connectivity index (χ4v) is 2.36. The van der Waals surface area contributed by atoms with E-state index in [-0.39, 0.29) is 17.1 Å². The molecular formula is C18H20O5. The van der Waals surface area contributed by atoms with Gasteiger partial charge in [0, 0.05) is 11.1 Å². The summed E-state index contributed by atoms with van der Waals surface area (Å²) in [6, 6.07) is 2.89. The van der Waals surface area contributed by atoms with Gasteiger partial charge >= 0.3 is 5.97 Å². The van der Waals surface area contributed by atoms with E-state index in [1.54, 1.807) is 26.8 Å². The summed E-state index contributed by atoms with van der Waals surface area (Å²) < 4.78 is 11.3.